The van der Waals surface area contributed by atoms with Crippen molar-refractivity contribution in [1.29, 1.82) is 5.26 Å². The van der Waals surface area contributed by atoms with Crippen molar-refractivity contribution in [3.05, 3.63) is 29.3 Å². The summed E-state index contributed by atoms with van der Waals surface area (Å²) in [5.74, 6) is 1.45. The van der Waals surface area contributed by atoms with E-state index < -0.39 is 0 Å². The summed E-state index contributed by atoms with van der Waals surface area (Å²) < 4.78 is 5.24. The molecule has 1 aliphatic rings. The van der Waals surface area contributed by atoms with E-state index in [4.69, 9.17) is 10.00 Å². The number of hydrogen-bond donors (Lipinski definition) is 1. The fraction of sp³-hybridized carbons (Fsp3) is 0.588. The molecule has 1 N–H and O–H groups in total. The molecule has 0 amide bonds. The molecule has 1 aliphatic heterocycles. The van der Waals surface area contributed by atoms with Gasteiger partial charge in [-0.2, -0.15) is 5.26 Å². The van der Waals surface area contributed by atoms with Crippen LogP contribution in [0.3, 0.4) is 0 Å². The average molecular weight is 287 g/mol. The van der Waals surface area contributed by atoms with Crippen LogP contribution in [-0.4, -0.2) is 38.2 Å². The lowest BCUT2D eigenvalue weighted by molar-refractivity contribution is 0.190. The van der Waals surface area contributed by atoms with E-state index in [1.807, 2.05) is 18.2 Å². The van der Waals surface area contributed by atoms with E-state index in [-0.39, 0.29) is 0 Å². The van der Waals surface area contributed by atoms with Gasteiger partial charge < -0.3 is 15.0 Å². The van der Waals surface area contributed by atoms with Gasteiger partial charge in [-0.15, -0.1) is 0 Å². The molecule has 0 unspecified atom stereocenters. The summed E-state index contributed by atoms with van der Waals surface area (Å²) in [5, 5.41) is 12.5. The van der Waals surface area contributed by atoms with Gasteiger partial charge in [-0.25, -0.2) is 0 Å². The third-order valence-electron chi connectivity index (χ3n) is 4.30. The number of nitrogens with zero attached hydrogens (tertiary/aromatic N) is 2. The maximum Gasteiger partial charge on any atom is 0.136 e. The molecule has 0 radical (unpaired) electrons. The maximum atomic E-state index is 8.98. The Labute approximate surface area is 127 Å². The number of benzene rings is 1. The largest absolute Gasteiger partial charge is 0.495 e. The number of hydrogen-bond acceptors (Lipinski definition) is 4. The summed E-state index contributed by atoms with van der Waals surface area (Å²) in [6, 6.07) is 7.91. The van der Waals surface area contributed by atoms with E-state index in [0.29, 0.717) is 11.3 Å². The predicted molar refractivity (Wildman–Crippen MR) is 84.3 cm³/mol. The molecule has 1 aromatic carbocycles. The van der Waals surface area contributed by atoms with Crippen molar-refractivity contribution in [3.8, 4) is 11.8 Å². The quantitative estimate of drug-likeness (QED) is 0.873. The van der Waals surface area contributed by atoms with Gasteiger partial charge >= 0.3 is 0 Å². The first-order valence-corrected chi connectivity index (χ1v) is 7.77. The van der Waals surface area contributed by atoms with Crippen LogP contribution in [0.1, 0.15) is 30.9 Å². The highest BCUT2D eigenvalue weighted by Crippen LogP contribution is 2.20. The third kappa shape index (κ3) is 4.45. The molecule has 0 aliphatic carbocycles. The molecule has 0 bridgehead atoms. The first kappa shape index (κ1) is 15.8. The lowest BCUT2D eigenvalue weighted by Crippen LogP contribution is -2.36. The zero-order valence-electron chi connectivity index (χ0n) is 13.1. The lowest BCUT2D eigenvalue weighted by atomic mass is 9.97. The Kier molecular flexibility index (Phi) is 6.04. The van der Waals surface area contributed by atoms with E-state index in [0.717, 1.165) is 24.6 Å². The second-order valence-corrected chi connectivity index (χ2v) is 5.65. The van der Waals surface area contributed by atoms with Gasteiger partial charge in [-0.05, 0) is 62.6 Å². The van der Waals surface area contributed by atoms with Crippen molar-refractivity contribution < 1.29 is 4.74 Å². The van der Waals surface area contributed by atoms with Crippen molar-refractivity contribution in [2.75, 3.05) is 33.3 Å². The summed E-state index contributed by atoms with van der Waals surface area (Å²) in [7, 11) is 1.61. The molecule has 4 heteroatoms. The molecule has 0 atom stereocenters. The van der Waals surface area contributed by atoms with Crippen molar-refractivity contribution in [2.45, 2.75) is 26.3 Å². The van der Waals surface area contributed by atoms with E-state index in [1.54, 1.807) is 7.11 Å². The van der Waals surface area contributed by atoms with E-state index >= 15 is 0 Å². The average Bonchev–Trinajstić information content (AvgIpc) is 2.55. The minimum atomic E-state index is 0.591. The fourth-order valence-electron chi connectivity index (χ4n) is 2.87. The number of methoxy groups -OCH3 is 1. The maximum absolute atomic E-state index is 8.98. The summed E-state index contributed by atoms with van der Waals surface area (Å²) in [4.78, 5) is 2.52. The molecule has 2 rings (SSSR count). The minimum absolute atomic E-state index is 0.591. The normalized spacial score (nSPS) is 16.6. The minimum Gasteiger partial charge on any atom is -0.495 e. The van der Waals surface area contributed by atoms with E-state index in [9.17, 15) is 0 Å². The summed E-state index contributed by atoms with van der Waals surface area (Å²) in [6.07, 6.45) is 2.58. The van der Waals surface area contributed by atoms with E-state index in [1.165, 1.54) is 32.5 Å². The zero-order valence-corrected chi connectivity index (χ0v) is 13.1. The molecule has 4 nitrogen and oxygen atoms in total. The van der Waals surface area contributed by atoms with Gasteiger partial charge in [0, 0.05) is 6.54 Å². The van der Waals surface area contributed by atoms with Gasteiger partial charge in [0.2, 0.25) is 0 Å². The van der Waals surface area contributed by atoms with Crippen LogP contribution in [0, 0.1) is 17.2 Å². The summed E-state index contributed by atoms with van der Waals surface area (Å²) >= 11 is 0. The molecule has 1 fully saturated rings. The molecule has 0 saturated carbocycles. The van der Waals surface area contributed by atoms with Crippen molar-refractivity contribution in [2.24, 2.45) is 5.92 Å². The van der Waals surface area contributed by atoms with Crippen LogP contribution in [0.25, 0.3) is 0 Å². The lowest BCUT2D eigenvalue weighted by Gasteiger charge is -2.31. The number of ether oxygens (including phenoxy) is 1. The van der Waals surface area contributed by atoms with Gasteiger partial charge in [0.05, 0.1) is 12.7 Å². The molecule has 1 aromatic rings. The monoisotopic (exact) mass is 287 g/mol. The highest BCUT2D eigenvalue weighted by atomic mass is 16.5. The van der Waals surface area contributed by atoms with Crippen LogP contribution in [0.5, 0.6) is 5.75 Å². The third-order valence-corrected chi connectivity index (χ3v) is 4.30. The van der Waals surface area contributed by atoms with Gasteiger partial charge in [-0.1, -0.05) is 13.0 Å². The number of likely N-dealkylation sites (tertiary alicyclic amines) is 1. The second-order valence-electron chi connectivity index (χ2n) is 5.65. The first-order valence-electron chi connectivity index (χ1n) is 7.77. The number of piperidine rings is 1. The van der Waals surface area contributed by atoms with Crippen LogP contribution in [0.4, 0.5) is 0 Å². The van der Waals surface area contributed by atoms with Crippen LogP contribution in [-0.2, 0) is 6.54 Å². The van der Waals surface area contributed by atoms with Gasteiger partial charge in [0.1, 0.15) is 11.8 Å². The van der Waals surface area contributed by atoms with E-state index in [2.05, 4.69) is 23.2 Å². The van der Waals surface area contributed by atoms with Gasteiger partial charge in [-0.3, -0.25) is 0 Å². The fourth-order valence-corrected chi connectivity index (χ4v) is 2.87. The van der Waals surface area contributed by atoms with Crippen molar-refractivity contribution >= 4 is 0 Å². The van der Waals surface area contributed by atoms with Crippen molar-refractivity contribution in [1.82, 2.24) is 10.2 Å². The van der Waals surface area contributed by atoms with Gasteiger partial charge in [0.15, 0.2) is 0 Å². The highest BCUT2D eigenvalue weighted by molar-refractivity contribution is 5.45. The Morgan fingerprint density at radius 3 is 2.76 bits per heavy atom. The smallest absolute Gasteiger partial charge is 0.136 e. The molecular weight excluding hydrogens is 262 g/mol. The Morgan fingerprint density at radius 2 is 2.14 bits per heavy atom. The van der Waals surface area contributed by atoms with Crippen LogP contribution >= 0.6 is 0 Å². The van der Waals surface area contributed by atoms with Crippen LogP contribution in [0.2, 0.25) is 0 Å². The second kappa shape index (κ2) is 8.02. The van der Waals surface area contributed by atoms with Crippen LogP contribution < -0.4 is 10.1 Å². The Hall–Kier alpha value is -1.57. The summed E-state index contributed by atoms with van der Waals surface area (Å²) in [6.45, 7) is 7.76. The molecule has 0 spiro atoms. The molecule has 21 heavy (non-hydrogen) atoms. The summed E-state index contributed by atoms with van der Waals surface area (Å²) in [5.41, 5.74) is 1.75. The number of nitriles is 1. The molecular formula is C17H25N3O. The van der Waals surface area contributed by atoms with Crippen molar-refractivity contribution in [3.63, 3.8) is 0 Å². The predicted octanol–water partition coefficient (Wildman–Crippen LogP) is 2.39. The molecule has 0 aromatic heterocycles. The van der Waals surface area contributed by atoms with Crippen LogP contribution in [0.15, 0.2) is 18.2 Å². The first-order chi connectivity index (χ1) is 10.3. The SMILES string of the molecule is CCN1CCC(CNCc2ccc(C#N)c(OC)c2)CC1. The molecule has 1 saturated heterocycles. The molecule has 1 heterocycles. The van der Waals surface area contributed by atoms with Gasteiger partial charge in [0.25, 0.3) is 0 Å². The zero-order chi connectivity index (χ0) is 15.1. The molecule has 114 valence electrons. The number of rotatable bonds is 6. The Balaban J connectivity index is 1.78. The highest BCUT2D eigenvalue weighted by Gasteiger charge is 2.17. The number of nitrogens with one attached hydrogen (secondary N) is 1. The standard InChI is InChI=1S/C17H25N3O/c1-3-20-8-6-14(7-9-20)12-19-13-15-4-5-16(11-18)17(10-15)21-2/h4-5,10,14,19H,3,6-9,12-13H2,1-2H3. The topological polar surface area (TPSA) is 48.3 Å². The Morgan fingerprint density at radius 1 is 1.38 bits per heavy atom. The Bertz CT molecular complexity index is 487.